The van der Waals surface area contributed by atoms with Gasteiger partial charge in [-0.3, -0.25) is 0 Å². The highest BCUT2D eigenvalue weighted by atomic mass is 19.1. The van der Waals surface area contributed by atoms with Crippen molar-refractivity contribution < 1.29 is 32.6 Å². The van der Waals surface area contributed by atoms with Gasteiger partial charge in [-0.15, -0.1) is 0 Å². The largest absolute Gasteiger partial charge is 0.453 e. The number of piperidine rings is 1. The van der Waals surface area contributed by atoms with Crippen LogP contribution < -0.4 is 5.32 Å². The average Bonchev–Trinajstić information content (AvgIpc) is 2.68. The van der Waals surface area contributed by atoms with Gasteiger partial charge in [0.05, 0.1) is 19.8 Å². The molecule has 1 aliphatic rings. The molecule has 0 aliphatic carbocycles. The highest BCUT2D eigenvalue weighted by Crippen LogP contribution is 2.35. The molecule has 7 nitrogen and oxygen atoms in total. The molecule has 1 heterocycles. The lowest BCUT2D eigenvalue weighted by atomic mass is 9.88. The molecule has 0 spiro atoms. The molecule has 2 rings (SSSR count). The van der Waals surface area contributed by atoms with E-state index in [0.29, 0.717) is 25.9 Å². The lowest BCUT2D eigenvalue weighted by molar-refractivity contribution is -0.0259. The molecular weight excluding hydrogens is 398 g/mol. The summed E-state index contributed by atoms with van der Waals surface area (Å²) in [7, 11) is 1.24. The standard InChI is InChI=1S/C21H30F2N2O5/c1-21(2,3)30-20(27)25-10-5-6-14(13-25)18(29-11-9-24-19(26)28-4)16-12-15(22)7-8-17(16)23/h7-8,12,14,18H,5-6,9-11,13H2,1-4H3,(H,24,26)/t14-,18-/m1/s1. The summed E-state index contributed by atoms with van der Waals surface area (Å²) >= 11 is 0. The van der Waals surface area contributed by atoms with Crippen LogP contribution in [0.4, 0.5) is 18.4 Å². The summed E-state index contributed by atoms with van der Waals surface area (Å²) in [5.74, 6) is -1.43. The number of methoxy groups -OCH3 is 1. The predicted molar refractivity (Wildman–Crippen MR) is 106 cm³/mol. The maximum Gasteiger partial charge on any atom is 0.410 e. The second-order valence-electron chi connectivity index (χ2n) is 8.20. The first-order valence-corrected chi connectivity index (χ1v) is 9.97. The number of ether oxygens (including phenoxy) is 3. The summed E-state index contributed by atoms with van der Waals surface area (Å²) in [6.07, 6.45) is -0.491. The van der Waals surface area contributed by atoms with Gasteiger partial charge in [-0.1, -0.05) is 0 Å². The van der Waals surface area contributed by atoms with Gasteiger partial charge in [0.25, 0.3) is 0 Å². The molecule has 0 radical (unpaired) electrons. The molecule has 1 aromatic carbocycles. The van der Waals surface area contributed by atoms with Crippen LogP contribution in [0.25, 0.3) is 0 Å². The Kier molecular flexibility index (Phi) is 8.40. The minimum Gasteiger partial charge on any atom is -0.453 e. The molecule has 168 valence electrons. The first-order chi connectivity index (χ1) is 14.1. The third-order valence-corrected chi connectivity index (χ3v) is 4.66. The second kappa shape index (κ2) is 10.6. The van der Waals surface area contributed by atoms with Gasteiger partial charge in [-0.2, -0.15) is 0 Å². The Balaban J connectivity index is 2.15. The zero-order valence-corrected chi connectivity index (χ0v) is 17.9. The van der Waals surface area contributed by atoms with Gasteiger partial charge >= 0.3 is 12.2 Å². The summed E-state index contributed by atoms with van der Waals surface area (Å²) in [6, 6.07) is 3.21. The van der Waals surface area contributed by atoms with Crippen molar-refractivity contribution in [2.45, 2.75) is 45.3 Å². The van der Waals surface area contributed by atoms with Gasteiger partial charge in [0.15, 0.2) is 0 Å². The Hall–Kier alpha value is -2.42. The summed E-state index contributed by atoms with van der Waals surface area (Å²) < 4.78 is 44.1. The number of halogens is 2. The fourth-order valence-corrected chi connectivity index (χ4v) is 3.37. The smallest absolute Gasteiger partial charge is 0.410 e. The number of hydrogen-bond donors (Lipinski definition) is 1. The van der Waals surface area contributed by atoms with Crippen molar-refractivity contribution in [2.24, 2.45) is 5.92 Å². The molecule has 0 unspecified atom stereocenters. The Labute approximate surface area is 175 Å². The molecule has 1 aromatic rings. The lowest BCUT2D eigenvalue weighted by Gasteiger charge is -2.37. The van der Waals surface area contributed by atoms with Crippen molar-refractivity contribution >= 4 is 12.2 Å². The molecule has 1 aliphatic heterocycles. The quantitative estimate of drug-likeness (QED) is 0.693. The van der Waals surface area contributed by atoms with Crippen LogP contribution in [-0.2, 0) is 14.2 Å². The van der Waals surface area contributed by atoms with Gasteiger partial charge in [0.2, 0.25) is 0 Å². The van der Waals surface area contributed by atoms with Crippen LogP contribution in [0.1, 0.15) is 45.3 Å². The molecule has 0 bridgehead atoms. The van der Waals surface area contributed by atoms with Crippen LogP contribution in [0.5, 0.6) is 0 Å². The van der Waals surface area contributed by atoms with Gasteiger partial charge < -0.3 is 24.4 Å². The highest BCUT2D eigenvalue weighted by molar-refractivity contribution is 5.68. The first kappa shape index (κ1) is 23.9. The maximum atomic E-state index is 14.5. The number of alkyl carbamates (subject to hydrolysis) is 1. The van der Waals surface area contributed by atoms with Crippen LogP contribution in [-0.4, -0.2) is 56.0 Å². The highest BCUT2D eigenvalue weighted by Gasteiger charge is 2.34. The van der Waals surface area contributed by atoms with E-state index >= 15 is 0 Å². The summed E-state index contributed by atoms with van der Waals surface area (Å²) in [5, 5.41) is 2.48. The Morgan fingerprint density at radius 1 is 1.30 bits per heavy atom. The SMILES string of the molecule is COC(=O)NCCO[C@@H](c1cc(F)ccc1F)[C@@H]1CCCN(C(=O)OC(C)(C)C)C1. The number of likely N-dealkylation sites (tertiary alicyclic amines) is 1. The Morgan fingerprint density at radius 3 is 2.70 bits per heavy atom. The van der Waals surface area contributed by atoms with Crippen molar-refractivity contribution in [1.82, 2.24) is 10.2 Å². The third kappa shape index (κ3) is 7.12. The number of amides is 2. The number of carbonyl (C=O) groups excluding carboxylic acids is 2. The molecule has 9 heteroatoms. The number of hydrogen-bond acceptors (Lipinski definition) is 5. The third-order valence-electron chi connectivity index (χ3n) is 4.66. The second-order valence-corrected chi connectivity index (χ2v) is 8.20. The maximum absolute atomic E-state index is 14.5. The molecular formula is C21H30F2N2O5. The van der Waals surface area contributed by atoms with Crippen molar-refractivity contribution in [3.05, 3.63) is 35.4 Å². The molecule has 2 atom stereocenters. The molecule has 0 saturated carbocycles. The molecule has 30 heavy (non-hydrogen) atoms. The van der Waals surface area contributed by atoms with Crippen LogP contribution in [0, 0.1) is 17.6 Å². The van der Waals surface area contributed by atoms with E-state index in [2.05, 4.69) is 10.1 Å². The molecule has 0 aromatic heterocycles. The first-order valence-electron chi connectivity index (χ1n) is 9.97. The van der Waals surface area contributed by atoms with E-state index in [1.54, 1.807) is 25.7 Å². The minimum atomic E-state index is -0.787. The number of benzene rings is 1. The molecule has 2 amide bonds. The van der Waals surface area contributed by atoms with E-state index in [4.69, 9.17) is 9.47 Å². The van der Waals surface area contributed by atoms with E-state index in [-0.39, 0.29) is 24.6 Å². The van der Waals surface area contributed by atoms with Crippen LogP contribution in [0.15, 0.2) is 18.2 Å². The van der Waals surface area contributed by atoms with Crippen LogP contribution in [0.2, 0.25) is 0 Å². The fourth-order valence-electron chi connectivity index (χ4n) is 3.37. The monoisotopic (exact) mass is 428 g/mol. The fraction of sp³-hybridized carbons (Fsp3) is 0.619. The van der Waals surface area contributed by atoms with E-state index in [1.807, 2.05) is 0 Å². The average molecular weight is 428 g/mol. The van der Waals surface area contributed by atoms with E-state index < -0.39 is 35.5 Å². The number of nitrogens with zero attached hydrogens (tertiary/aromatic N) is 1. The zero-order valence-electron chi connectivity index (χ0n) is 17.9. The van der Waals surface area contributed by atoms with E-state index in [1.165, 1.54) is 7.11 Å². The number of carbonyl (C=O) groups is 2. The normalized spacial score (nSPS) is 17.9. The van der Waals surface area contributed by atoms with Gasteiger partial charge in [-0.25, -0.2) is 18.4 Å². The minimum absolute atomic E-state index is 0.0681. The van der Waals surface area contributed by atoms with Crippen molar-refractivity contribution in [1.29, 1.82) is 0 Å². The molecule has 1 N–H and O–H groups in total. The van der Waals surface area contributed by atoms with E-state index in [0.717, 1.165) is 18.2 Å². The summed E-state index contributed by atoms with van der Waals surface area (Å²) in [5.41, 5.74) is -0.544. The van der Waals surface area contributed by atoms with Gasteiger partial charge in [0, 0.05) is 31.1 Å². The number of nitrogens with one attached hydrogen (secondary N) is 1. The Morgan fingerprint density at radius 2 is 2.03 bits per heavy atom. The van der Waals surface area contributed by atoms with Crippen molar-refractivity contribution in [3.8, 4) is 0 Å². The zero-order chi connectivity index (χ0) is 22.3. The van der Waals surface area contributed by atoms with Gasteiger partial charge in [0.1, 0.15) is 17.2 Å². The van der Waals surface area contributed by atoms with Crippen molar-refractivity contribution in [2.75, 3.05) is 33.4 Å². The molecule has 1 saturated heterocycles. The topological polar surface area (TPSA) is 77.1 Å². The predicted octanol–water partition coefficient (Wildman–Crippen LogP) is 4.03. The summed E-state index contributed by atoms with van der Waals surface area (Å²) in [6.45, 7) is 6.38. The van der Waals surface area contributed by atoms with Crippen molar-refractivity contribution in [3.63, 3.8) is 0 Å². The van der Waals surface area contributed by atoms with Gasteiger partial charge in [-0.05, 0) is 51.8 Å². The molecule has 1 fully saturated rings. The Bertz CT molecular complexity index is 739. The summed E-state index contributed by atoms with van der Waals surface area (Å²) in [4.78, 5) is 25.2. The number of rotatable bonds is 6. The van der Waals surface area contributed by atoms with E-state index in [9.17, 15) is 18.4 Å². The van der Waals surface area contributed by atoms with Crippen LogP contribution in [0.3, 0.4) is 0 Å². The lowest BCUT2D eigenvalue weighted by Crippen LogP contribution is -2.44. The van der Waals surface area contributed by atoms with Crippen LogP contribution >= 0.6 is 0 Å².